The van der Waals surface area contributed by atoms with Gasteiger partial charge in [0.2, 0.25) is 11.7 Å². The molecule has 0 amide bonds. The first-order valence-electron chi connectivity index (χ1n) is 5.34. The van der Waals surface area contributed by atoms with Gasteiger partial charge in [-0.15, -0.1) is 11.6 Å². The van der Waals surface area contributed by atoms with Gasteiger partial charge in [-0.2, -0.15) is 4.98 Å². The van der Waals surface area contributed by atoms with Crippen LogP contribution < -0.4 is 0 Å². The van der Waals surface area contributed by atoms with E-state index in [2.05, 4.69) is 10.1 Å². The zero-order chi connectivity index (χ0) is 13.0. The molecule has 94 valence electrons. The number of aryl methyl sites for hydroxylation is 1. The van der Waals surface area contributed by atoms with E-state index in [1.807, 2.05) is 0 Å². The molecule has 7 heteroatoms. The van der Waals surface area contributed by atoms with Crippen molar-refractivity contribution in [2.24, 2.45) is 0 Å². The van der Waals surface area contributed by atoms with Gasteiger partial charge in [-0.3, -0.25) is 10.1 Å². The van der Waals surface area contributed by atoms with Crippen LogP contribution in [0.5, 0.6) is 0 Å². The Hall–Kier alpha value is -1.95. The van der Waals surface area contributed by atoms with Crippen LogP contribution in [0.15, 0.2) is 28.8 Å². The van der Waals surface area contributed by atoms with Gasteiger partial charge in [0.1, 0.15) is 0 Å². The van der Waals surface area contributed by atoms with Gasteiger partial charge in [-0.25, -0.2) is 0 Å². The fourth-order valence-corrected chi connectivity index (χ4v) is 1.58. The third-order valence-electron chi connectivity index (χ3n) is 2.31. The fourth-order valence-electron chi connectivity index (χ4n) is 1.45. The Morgan fingerprint density at radius 3 is 3.00 bits per heavy atom. The number of nitro benzene ring substituents is 1. The Balaban J connectivity index is 2.23. The van der Waals surface area contributed by atoms with Crippen LogP contribution in [0.3, 0.4) is 0 Å². The monoisotopic (exact) mass is 267 g/mol. The maximum atomic E-state index is 10.7. The zero-order valence-corrected chi connectivity index (χ0v) is 10.1. The normalized spacial score (nSPS) is 10.5. The highest BCUT2D eigenvalue weighted by Gasteiger charge is 2.12. The van der Waals surface area contributed by atoms with Crippen molar-refractivity contribution in [2.45, 2.75) is 12.8 Å². The quantitative estimate of drug-likeness (QED) is 0.473. The minimum absolute atomic E-state index is 0.000363. The van der Waals surface area contributed by atoms with Crippen LogP contribution in [-0.4, -0.2) is 20.9 Å². The van der Waals surface area contributed by atoms with Crippen molar-refractivity contribution in [1.29, 1.82) is 0 Å². The van der Waals surface area contributed by atoms with E-state index in [0.29, 0.717) is 29.6 Å². The molecule has 1 aromatic heterocycles. The molecule has 2 rings (SSSR count). The van der Waals surface area contributed by atoms with Crippen LogP contribution in [0.4, 0.5) is 5.69 Å². The van der Waals surface area contributed by atoms with Gasteiger partial charge in [0.05, 0.1) is 4.92 Å². The standard InChI is InChI=1S/C11H10ClN3O3/c12-6-2-5-10-13-11(14-18-10)8-3-1-4-9(7-8)15(16)17/h1,3-4,7H,2,5-6H2. The Morgan fingerprint density at radius 2 is 2.28 bits per heavy atom. The molecule has 0 aliphatic heterocycles. The lowest BCUT2D eigenvalue weighted by atomic mass is 10.2. The average molecular weight is 268 g/mol. The Kier molecular flexibility index (Phi) is 3.88. The van der Waals surface area contributed by atoms with E-state index >= 15 is 0 Å². The first-order valence-corrected chi connectivity index (χ1v) is 5.87. The summed E-state index contributed by atoms with van der Waals surface area (Å²) in [5.74, 6) is 1.36. The fraction of sp³-hybridized carbons (Fsp3) is 0.273. The van der Waals surface area contributed by atoms with Gasteiger partial charge >= 0.3 is 0 Å². The van der Waals surface area contributed by atoms with Crippen molar-refractivity contribution < 1.29 is 9.45 Å². The molecular weight excluding hydrogens is 258 g/mol. The molecular formula is C11H10ClN3O3. The predicted octanol–water partition coefficient (Wildman–Crippen LogP) is 2.82. The highest BCUT2D eigenvalue weighted by molar-refractivity contribution is 6.17. The summed E-state index contributed by atoms with van der Waals surface area (Å²) >= 11 is 5.57. The summed E-state index contributed by atoms with van der Waals surface area (Å²) < 4.78 is 5.03. The van der Waals surface area contributed by atoms with Crippen LogP contribution in [0.2, 0.25) is 0 Å². The highest BCUT2D eigenvalue weighted by Crippen LogP contribution is 2.21. The summed E-state index contributed by atoms with van der Waals surface area (Å²) in [6.45, 7) is 0. The molecule has 6 nitrogen and oxygen atoms in total. The second-order valence-corrected chi connectivity index (χ2v) is 3.99. The van der Waals surface area contributed by atoms with Gasteiger partial charge in [-0.1, -0.05) is 17.3 Å². The largest absolute Gasteiger partial charge is 0.339 e. The molecule has 18 heavy (non-hydrogen) atoms. The van der Waals surface area contributed by atoms with Gasteiger partial charge in [-0.05, 0) is 6.42 Å². The van der Waals surface area contributed by atoms with Crippen LogP contribution in [0.1, 0.15) is 12.3 Å². The molecule has 0 aliphatic carbocycles. The number of rotatable bonds is 5. The lowest BCUT2D eigenvalue weighted by Gasteiger charge is -1.94. The van der Waals surface area contributed by atoms with Crippen molar-refractivity contribution in [3.63, 3.8) is 0 Å². The number of non-ortho nitro benzene ring substituents is 1. The summed E-state index contributed by atoms with van der Waals surface area (Å²) in [4.78, 5) is 14.4. The Bertz CT molecular complexity index is 556. The van der Waals surface area contributed by atoms with E-state index in [4.69, 9.17) is 16.1 Å². The van der Waals surface area contributed by atoms with E-state index in [1.165, 1.54) is 12.1 Å². The predicted molar refractivity (Wildman–Crippen MR) is 65.4 cm³/mol. The summed E-state index contributed by atoms with van der Waals surface area (Å²) in [7, 11) is 0. The molecule has 2 aromatic rings. The summed E-state index contributed by atoms with van der Waals surface area (Å²) in [6, 6.07) is 6.11. The number of halogens is 1. The van der Waals surface area contributed by atoms with Crippen molar-refractivity contribution in [1.82, 2.24) is 10.1 Å². The van der Waals surface area contributed by atoms with Gasteiger partial charge in [0, 0.05) is 30.0 Å². The van der Waals surface area contributed by atoms with Crippen molar-refractivity contribution in [3.05, 3.63) is 40.3 Å². The molecule has 0 saturated heterocycles. The molecule has 0 radical (unpaired) electrons. The highest BCUT2D eigenvalue weighted by atomic mass is 35.5. The van der Waals surface area contributed by atoms with E-state index in [-0.39, 0.29) is 5.69 Å². The third-order valence-corrected chi connectivity index (χ3v) is 2.57. The molecule has 1 heterocycles. The zero-order valence-electron chi connectivity index (χ0n) is 9.38. The van der Waals surface area contributed by atoms with Crippen LogP contribution in [0.25, 0.3) is 11.4 Å². The SMILES string of the molecule is O=[N+]([O-])c1cccc(-c2noc(CCCCl)n2)c1. The van der Waals surface area contributed by atoms with E-state index < -0.39 is 4.92 Å². The average Bonchev–Trinajstić information content (AvgIpc) is 2.85. The van der Waals surface area contributed by atoms with Crippen molar-refractivity contribution in [3.8, 4) is 11.4 Å². The number of hydrogen-bond donors (Lipinski definition) is 0. The molecule has 1 aromatic carbocycles. The number of benzene rings is 1. The number of aromatic nitrogens is 2. The van der Waals surface area contributed by atoms with Crippen molar-refractivity contribution >= 4 is 17.3 Å². The summed E-state index contributed by atoms with van der Waals surface area (Å²) in [5.41, 5.74) is 0.560. The number of nitrogens with zero attached hydrogens (tertiary/aromatic N) is 3. The number of hydrogen-bond acceptors (Lipinski definition) is 5. The van der Waals surface area contributed by atoms with Crippen LogP contribution in [-0.2, 0) is 6.42 Å². The van der Waals surface area contributed by atoms with E-state index in [1.54, 1.807) is 12.1 Å². The molecule has 0 saturated carbocycles. The van der Waals surface area contributed by atoms with Crippen LogP contribution in [0, 0.1) is 10.1 Å². The van der Waals surface area contributed by atoms with E-state index in [9.17, 15) is 10.1 Å². The van der Waals surface area contributed by atoms with Crippen LogP contribution >= 0.6 is 11.6 Å². The molecule has 0 aliphatic rings. The second-order valence-electron chi connectivity index (χ2n) is 3.61. The molecule has 0 fully saturated rings. The van der Waals surface area contributed by atoms with Crippen molar-refractivity contribution in [2.75, 3.05) is 5.88 Å². The van der Waals surface area contributed by atoms with Gasteiger partial charge in [0.15, 0.2) is 0 Å². The maximum Gasteiger partial charge on any atom is 0.270 e. The molecule has 0 spiro atoms. The summed E-state index contributed by atoms with van der Waals surface area (Å²) in [6.07, 6.45) is 1.35. The minimum Gasteiger partial charge on any atom is -0.339 e. The molecule has 0 unspecified atom stereocenters. The lowest BCUT2D eigenvalue weighted by Crippen LogP contribution is -1.89. The maximum absolute atomic E-state index is 10.7. The van der Waals surface area contributed by atoms with E-state index in [0.717, 1.165) is 6.42 Å². The number of nitro groups is 1. The summed E-state index contributed by atoms with van der Waals surface area (Å²) in [5, 5.41) is 14.4. The van der Waals surface area contributed by atoms with Gasteiger partial charge < -0.3 is 4.52 Å². The molecule has 0 bridgehead atoms. The Morgan fingerprint density at radius 1 is 1.44 bits per heavy atom. The Labute approximate surface area is 108 Å². The lowest BCUT2D eigenvalue weighted by molar-refractivity contribution is -0.384. The van der Waals surface area contributed by atoms with Gasteiger partial charge in [0.25, 0.3) is 5.69 Å². The first-order chi connectivity index (χ1) is 8.70. The topological polar surface area (TPSA) is 82.1 Å². The molecule has 0 atom stereocenters. The minimum atomic E-state index is -0.460. The first kappa shape index (κ1) is 12.5. The third kappa shape index (κ3) is 2.84. The smallest absolute Gasteiger partial charge is 0.270 e. The molecule has 0 N–H and O–H groups in total. The second kappa shape index (κ2) is 5.59. The number of alkyl halides is 1.